The summed E-state index contributed by atoms with van der Waals surface area (Å²) in [6.07, 6.45) is 4.12. The number of pyridine rings is 1. The molecule has 5 heteroatoms. The van der Waals surface area contributed by atoms with Crippen LogP contribution in [0.25, 0.3) is 61.6 Å². The first kappa shape index (κ1) is 36.4. The van der Waals surface area contributed by atoms with Gasteiger partial charge in [-0.05, 0) is 100 Å². The van der Waals surface area contributed by atoms with Gasteiger partial charge in [0.1, 0.15) is 5.65 Å². The summed E-state index contributed by atoms with van der Waals surface area (Å²) in [5.41, 5.74) is 18.2. The van der Waals surface area contributed by atoms with E-state index >= 15 is 0 Å². The topological polar surface area (TPSA) is 46.3 Å². The number of nitrogens with zero attached hydrogens (tertiary/aromatic N) is 5. The molecular formula is C58H39N5. The second-order valence-corrected chi connectivity index (χ2v) is 16.1. The Balaban J connectivity index is 1.07. The van der Waals surface area contributed by atoms with E-state index in [0.717, 1.165) is 67.5 Å². The van der Waals surface area contributed by atoms with Crippen LogP contribution in [0.5, 0.6) is 0 Å². The summed E-state index contributed by atoms with van der Waals surface area (Å²) in [5.74, 6) is 0. The summed E-state index contributed by atoms with van der Waals surface area (Å²) < 4.78 is 2.06. The van der Waals surface area contributed by atoms with Crippen molar-refractivity contribution >= 4 is 33.7 Å². The number of rotatable bonds is 8. The number of hydrogen-bond donors (Lipinski definition) is 0. The summed E-state index contributed by atoms with van der Waals surface area (Å²) in [5, 5.41) is 0. The maximum Gasteiger partial charge on any atom is 0.137 e. The summed E-state index contributed by atoms with van der Waals surface area (Å²) in [6, 6.07) is 80.0. The standard InChI is InChI=1S/C58H39N5/c1-5-17-41(18-6-1)56-57(61-53-26-14-13-25-52(53)60-56)42-30-34-48-49-35-33-47(38-51(49)58(50(48)37-42,43-19-7-2-8-20-43)44-21-9-3-10-22-44)63(45-23-11-4-12-24-45)46-31-28-40(29-32-46)54-39-62-36-16-15-27-55(62)59-54/h1-39H. The zero-order chi connectivity index (χ0) is 41.7. The van der Waals surface area contributed by atoms with Gasteiger partial charge >= 0.3 is 0 Å². The molecule has 1 aliphatic rings. The Morgan fingerprint density at radius 1 is 0.381 bits per heavy atom. The largest absolute Gasteiger partial charge is 0.310 e. The van der Waals surface area contributed by atoms with Gasteiger partial charge < -0.3 is 9.30 Å². The van der Waals surface area contributed by atoms with E-state index in [1.807, 2.05) is 48.7 Å². The number of anilines is 3. The Morgan fingerprint density at radius 2 is 0.889 bits per heavy atom. The summed E-state index contributed by atoms with van der Waals surface area (Å²) >= 11 is 0. The predicted octanol–water partition coefficient (Wildman–Crippen LogP) is 14.1. The molecule has 0 aliphatic heterocycles. The van der Waals surface area contributed by atoms with E-state index < -0.39 is 5.41 Å². The molecule has 8 aromatic carbocycles. The molecule has 296 valence electrons. The van der Waals surface area contributed by atoms with Crippen LogP contribution in [0.15, 0.2) is 237 Å². The quantitative estimate of drug-likeness (QED) is 0.153. The average molecular weight is 806 g/mol. The lowest BCUT2D eigenvalue weighted by Crippen LogP contribution is -2.28. The van der Waals surface area contributed by atoms with E-state index in [4.69, 9.17) is 15.0 Å². The molecule has 0 amide bonds. The van der Waals surface area contributed by atoms with E-state index in [9.17, 15) is 0 Å². The van der Waals surface area contributed by atoms with Gasteiger partial charge in [0.25, 0.3) is 0 Å². The normalized spacial score (nSPS) is 12.6. The fraction of sp³-hybridized carbons (Fsp3) is 0.0172. The number of benzene rings is 8. The van der Waals surface area contributed by atoms with E-state index in [0.29, 0.717) is 0 Å². The Labute approximate surface area is 365 Å². The molecule has 3 heterocycles. The van der Waals surface area contributed by atoms with Gasteiger partial charge in [-0.2, -0.15) is 0 Å². The van der Waals surface area contributed by atoms with Crippen molar-refractivity contribution in [3.63, 3.8) is 0 Å². The first-order valence-electron chi connectivity index (χ1n) is 21.3. The van der Waals surface area contributed by atoms with Gasteiger partial charge in [0.05, 0.1) is 33.5 Å². The van der Waals surface area contributed by atoms with Crippen LogP contribution in [-0.2, 0) is 5.41 Å². The third-order valence-electron chi connectivity index (χ3n) is 12.5. The Kier molecular flexibility index (Phi) is 8.64. The van der Waals surface area contributed by atoms with E-state index in [1.54, 1.807) is 0 Å². The number of hydrogen-bond acceptors (Lipinski definition) is 4. The molecule has 0 fully saturated rings. The van der Waals surface area contributed by atoms with Gasteiger partial charge in [-0.15, -0.1) is 0 Å². The first-order valence-corrected chi connectivity index (χ1v) is 21.3. The average Bonchev–Trinajstić information content (AvgIpc) is 3.93. The van der Waals surface area contributed by atoms with Gasteiger partial charge in [0.2, 0.25) is 0 Å². The van der Waals surface area contributed by atoms with E-state index in [-0.39, 0.29) is 0 Å². The Hall–Kier alpha value is -8.41. The third-order valence-corrected chi connectivity index (χ3v) is 12.5. The van der Waals surface area contributed by atoms with Gasteiger partial charge in [0.15, 0.2) is 0 Å². The van der Waals surface area contributed by atoms with Gasteiger partial charge in [-0.1, -0.05) is 158 Å². The van der Waals surface area contributed by atoms with Crippen molar-refractivity contribution in [3.05, 3.63) is 259 Å². The van der Waals surface area contributed by atoms with E-state index in [1.165, 1.54) is 33.4 Å². The summed E-state index contributed by atoms with van der Waals surface area (Å²) in [4.78, 5) is 17.9. The summed E-state index contributed by atoms with van der Waals surface area (Å²) in [6.45, 7) is 0. The number of para-hydroxylation sites is 3. The molecule has 5 nitrogen and oxygen atoms in total. The van der Waals surface area contributed by atoms with Crippen LogP contribution in [0.1, 0.15) is 22.3 Å². The van der Waals surface area contributed by atoms with Crippen LogP contribution in [0.3, 0.4) is 0 Å². The fourth-order valence-corrected chi connectivity index (χ4v) is 9.64. The highest BCUT2D eigenvalue weighted by atomic mass is 15.1. The molecule has 12 rings (SSSR count). The number of imidazole rings is 1. The maximum absolute atomic E-state index is 5.36. The second kappa shape index (κ2) is 14.9. The van der Waals surface area contributed by atoms with E-state index in [2.05, 4.69) is 197 Å². The second-order valence-electron chi connectivity index (χ2n) is 16.1. The molecule has 63 heavy (non-hydrogen) atoms. The number of aromatic nitrogens is 4. The third kappa shape index (κ3) is 6.05. The zero-order valence-electron chi connectivity index (χ0n) is 34.3. The smallest absolute Gasteiger partial charge is 0.137 e. The Bertz CT molecular complexity index is 3360. The molecule has 0 unspecified atom stereocenters. The molecule has 0 bridgehead atoms. The highest BCUT2D eigenvalue weighted by molar-refractivity contribution is 5.93. The Morgan fingerprint density at radius 3 is 1.54 bits per heavy atom. The lowest BCUT2D eigenvalue weighted by atomic mass is 9.67. The molecule has 0 spiro atoms. The van der Waals surface area contributed by atoms with Crippen molar-refractivity contribution in [1.29, 1.82) is 0 Å². The molecular weight excluding hydrogens is 767 g/mol. The molecule has 1 aliphatic carbocycles. The van der Waals surface area contributed by atoms with Gasteiger partial charge in [0, 0.05) is 46.1 Å². The molecule has 0 radical (unpaired) electrons. The van der Waals surface area contributed by atoms with Crippen LogP contribution in [-0.4, -0.2) is 19.4 Å². The van der Waals surface area contributed by atoms with Crippen LogP contribution >= 0.6 is 0 Å². The van der Waals surface area contributed by atoms with Crippen molar-refractivity contribution in [2.45, 2.75) is 5.41 Å². The summed E-state index contributed by atoms with van der Waals surface area (Å²) in [7, 11) is 0. The van der Waals surface area contributed by atoms with Crippen LogP contribution in [0.2, 0.25) is 0 Å². The van der Waals surface area contributed by atoms with Crippen molar-refractivity contribution in [2.75, 3.05) is 4.90 Å². The van der Waals surface area contributed by atoms with Crippen LogP contribution < -0.4 is 4.90 Å². The van der Waals surface area contributed by atoms with Gasteiger partial charge in [-0.25, -0.2) is 15.0 Å². The van der Waals surface area contributed by atoms with Crippen LogP contribution in [0.4, 0.5) is 17.1 Å². The van der Waals surface area contributed by atoms with Gasteiger partial charge in [-0.3, -0.25) is 0 Å². The lowest BCUT2D eigenvalue weighted by molar-refractivity contribution is 0.768. The maximum atomic E-state index is 5.36. The molecule has 3 aromatic heterocycles. The minimum Gasteiger partial charge on any atom is -0.310 e. The van der Waals surface area contributed by atoms with Crippen molar-refractivity contribution in [2.24, 2.45) is 0 Å². The van der Waals surface area contributed by atoms with Crippen LogP contribution in [0, 0.1) is 0 Å². The van der Waals surface area contributed by atoms with Crippen molar-refractivity contribution in [3.8, 4) is 44.9 Å². The minimum atomic E-state index is -0.661. The SMILES string of the molecule is c1ccc(-c2nc3ccccc3nc2-c2ccc3c(c2)C(c2ccccc2)(c2ccccc2)c2cc(N(c4ccccc4)c4ccc(-c5cn6ccccc6n5)cc4)ccc2-3)cc1. The monoisotopic (exact) mass is 805 g/mol. The lowest BCUT2D eigenvalue weighted by Gasteiger charge is -2.35. The number of fused-ring (bicyclic) bond motifs is 5. The molecule has 11 aromatic rings. The highest BCUT2D eigenvalue weighted by Crippen LogP contribution is 2.58. The zero-order valence-corrected chi connectivity index (χ0v) is 34.3. The minimum absolute atomic E-state index is 0.661. The van der Waals surface area contributed by atoms with Crippen molar-refractivity contribution in [1.82, 2.24) is 19.4 Å². The molecule has 0 saturated heterocycles. The predicted molar refractivity (Wildman–Crippen MR) is 257 cm³/mol. The molecule has 0 saturated carbocycles. The highest BCUT2D eigenvalue weighted by Gasteiger charge is 2.46. The first-order chi connectivity index (χ1) is 31.2. The molecule has 0 atom stereocenters. The van der Waals surface area contributed by atoms with Crippen molar-refractivity contribution < 1.29 is 0 Å². The fourth-order valence-electron chi connectivity index (χ4n) is 9.64. The molecule has 0 N–H and O–H groups in total.